The molecule has 6 aromatic rings. The fourth-order valence-corrected chi connectivity index (χ4v) is 5.76. The molecule has 3 aromatic heterocycles. The van der Waals surface area contributed by atoms with Gasteiger partial charge in [0.2, 0.25) is 11.0 Å². The molecule has 9 nitrogen and oxygen atoms in total. The maximum Gasteiger partial charge on any atom is 0.393 e. The number of hydrogen-bond acceptors (Lipinski definition) is 9. The Balaban J connectivity index is 1.59. The average Bonchev–Trinajstić information content (AvgIpc) is 3.56. The van der Waals surface area contributed by atoms with Crippen molar-refractivity contribution in [2.75, 3.05) is 20.0 Å². The van der Waals surface area contributed by atoms with Crippen LogP contribution in [0.15, 0.2) is 83.4 Å². The summed E-state index contributed by atoms with van der Waals surface area (Å²) < 4.78 is 17.5. The number of nitrogens with zero attached hydrogens (tertiary/aromatic N) is 3. The summed E-state index contributed by atoms with van der Waals surface area (Å²) in [6.07, 6.45) is 0. The number of thiophene rings is 1. The first-order chi connectivity index (χ1) is 19.9. The summed E-state index contributed by atoms with van der Waals surface area (Å²) in [5.74, 6) is 0.0741. The standard InChI is InChI=1S/C31H24N4O5S/c1-17-9-11-19(12-10-17)35-27(31(37)40-34-35)28(36)29-26(32)25-22(21-15-20(38-2)13-14-24(21)39-3)16-23(33-30(25)41-29)18-7-5-4-6-8-18/h4-16H,1-3H3,(H2-,32,34,36,37)/p+1. The van der Waals surface area contributed by atoms with E-state index in [4.69, 9.17) is 24.7 Å². The second-order valence-electron chi connectivity index (χ2n) is 9.32. The van der Waals surface area contributed by atoms with E-state index in [-0.39, 0.29) is 16.3 Å². The van der Waals surface area contributed by atoms with Crippen LogP contribution in [0.25, 0.3) is 38.3 Å². The summed E-state index contributed by atoms with van der Waals surface area (Å²) in [5, 5.41) is 15.0. The summed E-state index contributed by atoms with van der Waals surface area (Å²) in [6.45, 7) is 1.95. The highest BCUT2D eigenvalue weighted by Crippen LogP contribution is 2.45. The number of carbonyl (C=O) groups excluding carboxylic acids is 1. The van der Waals surface area contributed by atoms with Crippen LogP contribution >= 0.6 is 11.3 Å². The Morgan fingerprint density at radius 3 is 2.44 bits per heavy atom. The van der Waals surface area contributed by atoms with Crippen LogP contribution in [0.5, 0.6) is 17.4 Å². The lowest BCUT2D eigenvalue weighted by Crippen LogP contribution is -2.38. The molecule has 0 saturated heterocycles. The largest absolute Gasteiger partial charge is 0.497 e. The second kappa shape index (κ2) is 10.4. The topological polar surface area (TPSA) is 125 Å². The molecule has 0 spiro atoms. The molecule has 0 saturated carbocycles. The molecule has 3 heterocycles. The maximum atomic E-state index is 14.0. The zero-order valence-electron chi connectivity index (χ0n) is 22.4. The van der Waals surface area contributed by atoms with Crippen molar-refractivity contribution in [3.05, 3.63) is 95.0 Å². The minimum absolute atomic E-state index is 0.143. The summed E-state index contributed by atoms with van der Waals surface area (Å²) in [5.41, 5.74) is 11.4. The molecule has 0 amide bonds. The number of carbonyl (C=O) groups is 1. The SMILES string of the molecule is COc1ccc(OC)c(-c2cc(-c3ccccc3)nc3sc(C(=O)c4c(O)on[n+]4-c4ccc(C)cc4)c(N)c23)c1. The summed E-state index contributed by atoms with van der Waals surface area (Å²) >= 11 is 1.13. The molecule has 0 fully saturated rings. The highest BCUT2D eigenvalue weighted by Gasteiger charge is 2.37. The van der Waals surface area contributed by atoms with E-state index in [0.717, 1.165) is 33.6 Å². The van der Waals surface area contributed by atoms with Crippen LogP contribution in [-0.4, -0.2) is 35.4 Å². The number of hydrogen-bond donors (Lipinski definition) is 2. The minimum Gasteiger partial charge on any atom is -0.497 e. The van der Waals surface area contributed by atoms with Crippen LogP contribution in [0.1, 0.15) is 20.9 Å². The maximum absolute atomic E-state index is 14.0. The van der Waals surface area contributed by atoms with Crippen LogP contribution in [0, 0.1) is 6.92 Å². The number of ether oxygens (including phenoxy) is 2. The number of pyridine rings is 1. The molecule has 204 valence electrons. The van der Waals surface area contributed by atoms with Gasteiger partial charge in [0.15, 0.2) is 0 Å². The highest BCUT2D eigenvalue weighted by molar-refractivity contribution is 7.21. The van der Waals surface area contributed by atoms with Gasteiger partial charge in [0.25, 0.3) is 5.78 Å². The van der Waals surface area contributed by atoms with E-state index in [1.807, 2.05) is 73.7 Å². The van der Waals surface area contributed by atoms with Crippen molar-refractivity contribution >= 4 is 33.0 Å². The van der Waals surface area contributed by atoms with Crippen molar-refractivity contribution in [1.29, 1.82) is 0 Å². The Morgan fingerprint density at radius 1 is 0.976 bits per heavy atom. The third kappa shape index (κ3) is 4.53. The second-order valence-corrected chi connectivity index (χ2v) is 10.3. The normalized spacial score (nSPS) is 11.1. The van der Waals surface area contributed by atoms with Gasteiger partial charge in [0.05, 0.1) is 25.6 Å². The molecular weight excluding hydrogens is 540 g/mol. The van der Waals surface area contributed by atoms with Gasteiger partial charge >= 0.3 is 11.6 Å². The first-order valence-electron chi connectivity index (χ1n) is 12.6. The highest BCUT2D eigenvalue weighted by atomic mass is 32.1. The zero-order chi connectivity index (χ0) is 28.7. The van der Waals surface area contributed by atoms with E-state index in [1.165, 1.54) is 4.68 Å². The van der Waals surface area contributed by atoms with E-state index < -0.39 is 11.7 Å². The quantitative estimate of drug-likeness (QED) is 0.186. The van der Waals surface area contributed by atoms with Crippen LogP contribution < -0.4 is 19.9 Å². The Bertz CT molecular complexity index is 1910. The number of nitrogen functional groups attached to an aromatic ring is 1. The molecule has 0 unspecified atom stereocenters. The van der Waals surface area contributed by atoms with Crippen LogP contribution in [0.4, 0.5) is 5.69 Å². The minimum atomic E-state index is -0.611. The number of aryl methyl sites for hydroxylation is 1. The summed E-state index contributed by atoms with van der Waals surface area (Å²) in [4.78, 5) is 19.6. The van der Waals surface area contributed by atoms with Crippen LogP contribution in [0.3, 0.4) is 0 Å². The van der Waals surface area contributed by atoms with Gasteiger partial charge in [-0.2, -0.15) is 0 Å². The van der Waals surface area contributed by atoms with E-state index in [1.54, 1.807) is 26.4 Å². The number of methoxy groups -OCH3 is 2. The molecular formula is C31H25N4O5S+. The number of fused-ring (bicyclic) bond motifs is 1. The fourth-order valence-electron chi connectivity index (χ4n) is 4.70. The monoisotopic (exact) mass is 565 g/mol. The number of aromatic nitrogens is 3. The van der Waals surface area contributed by atoms with Crippen molar-refractivity contribution in [3.8, 4) is 45.5 Å². The molecule has 0 aliphatic carbocycles. The number of benzene rings is 3. The Morgan fingerprint density at radius 2 is 1.73 bits per heavy atom. The average molecular weight is 566 g/mol. The molecule has 41 heavy (non-hydrogen) atoms. The van der Waals surface area contributed by atoms with E-state index in [9.17, 15) is 9.90 Å². The van der Waals surface area contributed by atoms with E-state index >= 15 is 0 Å². The number of nitrogens with two attached hydrogens (primary N) is 1. The molecule has 6 rings (SSSR count). The van der Waals surface area contributed by atoms with Gasteiger partial charge in [-0.25, -0.2) is 4.98 Å². The molecule has 3 N–H and O–H groups in total. The van der Waals surface area contributed by atoms with Gasteiger partial charge in [-0.05, 0) is 31.2 Å². The van der Waals surface area contributed by atoms with Gasteiger partial charge < -0.3 is 20.3 Å². The predicted octanol–water partition coefficient (Wildman–Crippen LogP) is 5.74. The predicted molar refractivity (Wildman–Crippen MR) is 156 cm³/mol. The molecule has 10 heteroatoms. The number of aromatic hydroxyl groups is 1. The molecule has 0 radical (unpaired) electrons. The van der Waals surface area contributed by atoms with Gasteiger partial charge in [0.1, 0.15) is 21.2 Å². The molecule has 0 aliphatic heterocycles. The molecule has 0 bridgehead atoms. The Hall–Kier alpha value is -5.22. The van der Waals surface area contributed by atoms with Gasteiger partial charge in [-0.1, -0.05) is 48.0 Å². The lowest BCUT2D eigenvalue weighted by Gasteiger charge is -2.13. The van der Waals surface area contributed by atoms with Crippen molar-refractivity contribution in [3.63, 3.8) is 0 Å². The fraction of sp³-hybridized carbons (Fsp3) is 0.0968. The first-order valence-corrected chi connectivity index (χ1v) is 13.4. The van der Waals surface area contributed by atoms with Gasteiger partial charge in [-0.15, -0.1) is 11.3 Å². The molecule has 0 atom stereocenters. The van der Waals surface area contributed by atoms with Crippen molar-refractivity contribution in [1.82, 2.24) is 10.3 Å². The molecule has 3 aromatic carbocycles. The number of anilines is 1. The first kappa shape index (κ1) is 26.0. The smallest absolute Gasteiger partial charge is 0.393 e. The molecule has 0 aliphatic rings. The van der Waals surface area contributed by atoms with Crippen molar-refractivity contribution in [2.45, 2.75) is 6.92 Å². The zero-order valence-corrected chi connectivity index (χ0v) is 23.2. The van der Waals surface area contributed by atoms with Gasteiger partial charge in [-0.3, -0.25) is 9.32 Å². The summed E-state index contributed by atoms with van der Waals surface area (Å²) in [7, 11) is 3.18. The number of rotatable bonds is 7. The number of ketones is 1. The van der Waals surface area contributed by atoms with Gasteiger partial charge in [0, 0.05) is 38.9 Å². The summed E-state index contributed by atoms with van der Waals surface area (Å²) in [6, 6.07) is 24.4. The van der Waals surface area contributed by atoms with Crippen molar-refractivity contribution in [2.24, 2.45) is 0 Å². The lowest BCUT2D eigenvalue weighted by molar-refractivity contribution is -0.672. The van der Waals surface area contributed by atoms with Crippen LogP contribution in [0.2, 0.25) is 0 Å². The lowest BCUT2D eigenvalue weighted by atomic mass is 9.98. The third-order valence-electron chi connectivity index (χ3n) is 6.79. The third-order valence-corrected chi connectivity index (χ3v) is 7.89. The van der Waals surface area contributed by atoms with Crippen LogP contribution in [-0.2, 0) is 0 Å². The van der Waals surface area contributed by atoms with Crippen molar-refractivity contribution < 1.29 is 28.6 Å². The Kier molecular flexibility index (Phi) is 6.60. The van der Waals surface area contributed by atoms with E-state index in [2.05, 4.69) is 5.27 Å². The van der Waals surface area contributed by atoms with E-state index in [0.29, 0.717) is 33.1 Å². The Labute approximate surface area is 239 Å².